The minimum atomic E-state index is -0.481. The Morgan fingerprint density at radius 3 is 3.00 bits per heavy atom. The van der Waals surface area contributed by atoms with Gasteiger partial charge in [-0.3, -0.25) is 4.98 Å². The summed E-state index contributed by atoms with van der Waals surface area (Å²) in [6, 6.07) is 11.1. The van der Waals surface area contributed by atoms with E-state index in [1.54, 1.807) is 42.9 Å². The lowest BCUT2D eigenvalue weighted by atomic mass is 10.0. The first-order chi connectivity index (χ1) is 12.2. The molecule has 6 heteroatoms. The lowest BCUT2D eigenvalue weighted by Gasteiger charge is -2.04. The predicted octanol–water partition coefficient (Wildman–Crippen LogP) is 3.18. The third-order valence-electron chi connectivity index (χ3n) is 3.55. The van der Waals surface area contributed by atoms with E-state index in [2.05, 4.69) is 16.0 Å². The van der Waals surface area contributed by atoms with Crippen LogP contribution >= 0.6 is 0 Å². The highest BCUT2D eigenvalue weighted by Crippen LogP contribution is 2.29. The fraction of sp³-hybridized carbons (Fsp3) is 0.105. The smallest absolute Gasteiger partial charge is 0.337 e. The van der Waals surface area contributed by atoms with Crippen molar-refractivity contribution < 1.29 is 14.3 Å². The van der Waals surface area contributed by atoms with Gasteiger partial charge >= 0.3 is 5.97 Å². The number of rotatable bonds is 5. The maximum Gasteiger partial charge on any atom is 0.337 e. The Bertz CT molecular complexity index is 968. The number of carbonyl (C=O) groups is 1. The number of nitrogens with zero attached hydrogens (tertiary/aromatic N) is 2. The number of carbonyl (C=O) groups excluding carboxylic acids is 1. The first-order valence-corrected chi connectivity index (χ1v) is 7.54. The average Bonchev–Trinajstić information content (AvgIpc) is 3.04. The van der Waals surface area contributed by atoms with Crippen molar-refractivity contribution in [2.24, 2.45) is 0 Å². The molecular weight excluding hydrogens is 318 g/mol. The molecular formula is C19H15N3O3. The Labute approximate surface area is 144 Å². The van der Waals surface area contributed by atoms with Crippen LogP contribution in [0.15, 0.2) is 48.9 Å². The maximum absolute atomic E-state index is 11.6. The SMILES string of the molecule is COCC(=O)Oc1ccc2[nH]cc(C(C#N)=Cc3cccnc3)c2c1. The molecule has 0 atom stereocenters. The van der Waals surface area contributed by atoms with Crippen molar-refractivity contribution in [3.05, 3.63) is 60.0 Å². The van der Waals surface area contributed by atoms with Crippen LogP contribution in [0.25, 0.3) is 22.6 Å². The van der Waals surface area contributed by atoms with E-state index in [0.29, 0.717) is 11.3 Å². The van der Waals surface area contributed by atoms with Crippen molar-refractivity contribution in [2.75, 3.05) is 13.7 Å². The fourth-order valence-electron chi connectivity index (χ4n) is 2.46. The summed E-state index contributed by atoms with van der Waals surface area (Å²) in [5.74, 6) is -0.0839. The zero-order valence-corrected chi connectivity index (χ0v) is 13.5. The lowest BCUT2D eigenvalue weighted by Crippen LogP contribution is -2.14. The van der Waals surface area contributed by atoms with E-state index in [9.17, 15) is 10.1 Å². The van der Waals surface area contributed by atoms with Crippen LogP contribution < -0.4 is 4.74 Å². The number of benzene rings is 1. The molecule has 0 saturated heterocycles. The van der Waals surface area contributed by atoms with E-state index in [4.69, 9.17) is 9.47 Å². The lowest BCUT2D eigenvalue weighted by molar-refractivity contribution is -0.138. The summed E-state index contributed by atoms with van der Waals surface area (Å²) in [5, 5.41) is 10.3. The predicted molar refractivity (Wildman–Crippen MR) is 93.5 cm³/mol. The molecule has 3 rings (SSSR count). The van der Waals surface area contributed by atoms with Crippen LogP contribution in [0.4, 0.5) is 0 Å². The normalized spacial score (nSPS) is 11.3. The summed E-state index contributed by atoms with van der Waals surface area (Å²) in [7, 11) is 1.43. The second-order valence-corrected chi connectivity index (χ2v) is 5.27. The van der Waals surface area contributed by atoms with Gasteiger partial charge in [-0.25, -0.2) is 4.79 Å². The van der Waals surface area contributed by atoms with Crippen molar-refractivity contribution in [3.63, 3.8) is 0 Å². The van der Waals surface area contributed by atoms with Crippen molar-refractivity contribution >= 4 is 28.5 Å². The Morgan fingerprint density at radius 1 is 1.40 bits per heavy atom. The van der Waals surface area contributed by atoms with Gasteiger partial charge < -0.3 is 14.5 Å². The number of H-pyrrole nitrogens is 1. The minimum Gasteiger partial charge on any atom is -0.425 e. The number of ether oxygens (including phenoxy) is 2. The molecule has 25 heavy (non-hydrogen) atoms. The molecule has 0 aliphatic heterocycles. The number of nitriles is 1. The van der Waals surface area contributed by atoms with Gasteiger partial charge in [-0.2, -0.15) is 5.26 Å². The van der Waals surface area contributed by atoms with Gasteiger partial charge in [0.05, 0.1) is 11.6 Å². The molecule has 0 unspecified atom stereocenters. The zero-order valence-electron chi connectivity index (χ0n) is 13.5. The molecule has 2 heterocycles. The highest BCUT2D eigenvalue weighted by Gasteiger charge is 2.11. The van der Waals surface area contributed by atoms with Crippen molar-refractivity contribution in [1.82, 2.24) is 9.97 Å². The van der Waals surface area contributed by atoms with Crippen LogP contribution in [0.5, 0.6) is 5.75 Å². The molecule has 0 amide bonds. The highest BCUT2D eigenvalue weighted by atomic mass is 16.6. The monoisotopic (exact) mass is 333 g/mol. The highest BCUT2D eigenvalue weighted by molar-refractivity contribution is 6.01. The topological polar surface area (TPSA) is 88.0 Å². The largest absolute Gasteiger partial charge is 0.425 e. The van der Waals surface area contributed by atoms with Gasteiger partial charge in [0.25, 0.3) is 0 Å². The molecule has 0 aliphatic rings. The minimum absolute atomic E-state index is 0.123. The standard InChI is InChI=1S/C19H15N3O3/c1-24-12-19(23)25-15-4-5-18-16(8-15)17(11-22-18)14(9-20)7-13-3-2-6-21-10-13/h2-8,10-11,22H,12H2,1H3. The number of esters is 1. The molecule has 0 radical (unpaired) electrons. The van der Waals surface area contributed by atoms with Crippen LogP contribution in [0, 0.1) is 11.3 Å². The number of fused-ring (bicyclic) bond motifs is 1. The molecule has 3 aromatic rings. The molecule has 0 saturated carbocycles. The summed E-state index contributed by atoms with van der Waals surface area (Å²) in [4.78, 5) is 18.7. The maximum atomic E-state index is 11.6. The van der Waals surface area contributed by atoms with E-state index in [0.717, 1.165) is 22.0 Å². The number of aromatic amines is 1. The number of aromatic nitrogens is 2. The van der Waals surface area contributed by atoms with Gasteiger partial charge in [0.2, 0.25) is 0 Å². The van der Waals surface area contributed by atoms with Crippen LogP contribution in [0.2, 0.25) is 0 Å². The molecule has 124 valence electrons. The van der Waals surface area contributed by atoms with E-state index < -0.39 is 5.97 Å². The van der Waals surface area contributed by atoms with E-state index >= 15 is 0 Å². The van der Waals surface area contributed by atoms with Gasteiger partial charge in [0, 0.05) is 42.2 Å². The summed E-state index contributed by atoms with van der Waals surface area (Å²) in [5.41, 5.74) is 2.88. The van der Waals surface area contributed by atoms with Crippen LogP contribution in [-0.2, 0) is 9.53 Å². The van der Waals surface area contributed by atoms with Crippen molar-refractivity contribution in [1.29, 1.82) is 5.26 Å². The van der Waals surface area contributed by atoms with Gasteiger partial charge in [0.15, 0.2) is 0 Å². The molecule has 0 aliphatic carbocycles. The third kappa shape index (κ3) is 3.74. The number of pyridine rings is 1. The summed E-state index contributed by atoms with van der Waals surface area (Å²) >= 11 is 0. The van der Waals surface area contributed by atoms with Crippen LogP contribution in [0.3, 0.4) is 0 Å². The molecule has 2 aromatic heterocycles. The Hall–Kier alpha value is -3.43. The first-order valence-electron chi connectivity index (χ1n) is 7.54. The number of allylic oxidation sites excluding steroid dienone is 1. The Morgan fingerprint density at radius 2 is 2.28 bits per heavy atom. The van der Waals surface area contributed by atoms with Gasteiger partial charge in [0.1, 0.15) is 12.4 Å². The number of hydrogen-bond acceptors (Lipinski definition) is 5. The number of hydrogen-bond donors (Lipinski definition) is 1. The Kier molecular flexibility index (Phi) is 4.88. The quantitative estimate of drug-likeness (QED) is 0.440. The van der Waals surface area contributed by atoms with Gasteiger partial charge in [-0.1, -0.05) is 6.07 Å². The second kappa shape index (κ2) is 7.43. The Balaban J connectivity index is 2.00. The summed E-state index contributed by atoms with van der Waals surface area (Å²) in [6.07, 6.45) is 6.88. The van der Waals surface area contributed by atoms with Gasteiger partial charge in [-0.05, 0) is 35.9 Å². The molecule has 0 bridgehead atoms. The molecule has 1 aromatic carbocycles. The second-order valence-electron chi connectivity index (χ2n) is 5.27. The summed E-state index contributed by atoms with van der Waals surface area (Å²) in [6.45, 7) is -0.123. The van der Waals surface area contributed by atoms with Gasteiger partial charge in [-0.15, -0.1) is 0 Å². The fourth-order valence-corrected chi connectivity index (χ4v) is 2.46. The van der Waals surface area contributed by atoms with Crippen molar-refractivity contribution in [3.8, 4) is 11.8 Å². The van der Waals surface area contributed by atoms with Crippen molar-refractivity contribution in [2.45, 2.75) is 0 Å². The molecule has 0 spiro atoms. The average molecular weight is 333 g/mol. The first kappa shape index (κ1) is 16.4. The molecule has 6 nitrogen and oxygen atoms in total. The number of methoxy groups -OCH3 is 1. The van der Waals surface area contributed by atoms with E-state index in [1.165, 1.54) is 7.11 Å². The van der Waals surface area contributed by atoms with Crippen LogP contribution in [-0.4, -0.2) is 29.7 Å². The van der Waals surface area contributed by atoms with Crippen LogP contribution in [0.1, 0.15) is 11.1 Å². The summed E-state index contributed by atoms with van der Waals surface area (Å²) < 4.78 is 9.98. The number of nitrogens with one attached hydrogen (secondary N) is 1. The molecule has 1 N–H and O–H groups in total. The van der Waals surface area contributed by atoms with E-state index in [-0.39, 0.29) is 6.61 Å². The van der Waals surface area contributed by atoms with E-state index in [1.807, 2.05) is 12.1 Å². The molecule has 0 fully saturated rings. The third-order valence-corrected chi connectivity index (χ3v) is 3.55. The zero-order chi connectivity index (χ0) is 17.6.